The highest BCUT2D eigenvalue weighted by atomic mass is 35.5. The van der Waals surface area contributed by atoms with Crippen LogP contribution in [-0.4, -0.2) is 25.0 Å². The van der Waals surface area contributed by atoms with Gasteiger partial charge in [-0.3, -0.25) is 9.59 Å². The fraction of sp³-hybridized carbons (Fsp3) is 0.333. The first kappa shape index (κ1) is 19.4. The number of amides is 2. The van der Waals surface area contributed by atoms with Crippen LogP contribution in [0.15, 0.2) is 48.5 Å². The number of rotatable bonds is 6. The summed E-state index contributed by atoms with van der Waals surface area (Å²) in [5.74, 6) is -0.193. The minimum Gasteiger partial charge on any atom is -0.379 e. The first-order valence-corrected chi connectivity index (χ1v) is 9.46. The monoisotopic (exact) mass is 386 g/mol. The molecule has 2 N–H and O–H groups in total. The van der Waals surface area contributed by atoms with E-state index in [1.165, 1.54) is 0 Å². The third-order valence-corrected chi connectivity index (χ3v) is 4.89. The molecule has 1 fully saturated rings. The molecule has 0 spiro atoms. The normalized spacial score (nSPS) is 18.9. The van der Waals surface area contributed by atoms with Crippen molar-refractivity contribution in [1.29, 1.82) is 0 Å². The van der Waals surface area contributed by atoms with Gasteiger partial charge in [0.05, 0.1) is 12.1 Å². The Morgan fingerprint density at radius 3 is 2.59 bits per heavy atom. The Hall–Kier alpha value is -2.37. The van der Waals surface area contributed by atoms with Crippen LogP contribution in [-0.2, 0) is 15.1 Å². The van der Waals surface area contributed by atoms with Gasteiger partial charge in [-0.2, -0.15) is 0 Å². The second-order valence-corrected chi connectivity index (χ2v) is 7.16. The van der Waals surface area contributed by atoms with E-state index >= 15 is 0 Å². The van der Waals surface area contributed by atoms with E-state index in [9.17, 15) is 9.59 Å². The molecule has 5 nitrogen and oxygen atoms in total. The molecule has 0 aromatic heterocycles. The molecule has 1 aliphatic rings. The molecule has 1 saturated heterocycles. The zero-order valence-corrected chi connectivity index (χ0v) is 16.0. The SMILES string of the molecule is CCCC(=O)NC1(c2ccc(NC(=O)c3cccc(Cl)c3)cc2)CCOC1. The molecule has 27 heavy (non-hydrogen) atoms. The summed E-state index contributed by atoms with van der Waals surface area (Å²) in [5.41, 5.74) is 1.66. The summed E-state index contributed by atoms with van der Waals surface area (Å²) < 4.78 is 5.56. The van der Waals surface area contributed by atoms with E-state index in [1.54, 1.807) is 24.3 Å². The molecule has 0 aliphatic carbocycles. The van der Waals surface area contributed by atoms with Crippen molar-refractivity contribution in [3.8, 4) is 0 Å². The fourth-order valence-corrected chi connectivity index (χ4v) is 3.42. The quantitative estimate of drug-likeness (QED) is 0.784. The molecular weight excluding hydrogens is 364 g/mol. The summed E-state index contributed by atoms with van der Waals surface area (Å²) in [4.78, 5) is 24.5. The highest BCUT2D eigenvalue weighted by molar-refractivity contribution is 6.31. The fourth-order valence-electron chi connectivity index (χ4n) is 3.23. The van der Waals surface area contributed by atoms with Crippen LogP contribution >= 0.6 is 11.6 Å². The minimum atomic E-state index is -0.498. The first-order chi connectivity index (χ1) is 13.0. The van der Waals surface area contributed by atoms with Crippen molar-refractivity contribution in [1.82, 2.24) is 5.32 Å². The zero-order valence-electron chi connectivity index (χ0n) is 15.3. The van der Waals surface area contributed by atoms with Crippen LogP contribution in [0, 0.1) is 0 Å². The molecule has 2 amide bonds. The average molecular weight is 387 g/mol. The van der Waals surface area contributed by atoms with Gasteiger partial charge in [-0.15, -0.1) is 0 Å². The van der Waals surface area contributed by atoms with Gasteiger partial charge in [0.2, 0.25) is 5.91 Å². The lowest BCUT2D eigenvalue weighted by Crippen LogP contribution is -2.46. The molecule has 0 radical (unpaired) electrons. The van der Waals surface area contributed by atoms with Gasteiger partial charge >= 0.3 is 0 Å². The Bertz CT molecular complexity index is 814. The third kappa shape index (κ3) is 4.67. The van der Waals surface area contributed by atoms with Crippen LogP contribution in [0.1, 0.15) is 42.1 Å². The van der Waals surface area contributed by atoms with Crippen molar-refractivity contribution in [3.63, 3.8) is 0 Å². The Morgan fingerprint density at radius 1 is 1.19 bits per heavy atom. The van der Waals surface area contributed by atoms with E-state index in [-0.39, 0.29) is 11.8 Å². The number of carbonyl (C=O) groups is 2. The lowest BCUT2D eigenvalue weighted by Gasteiger charge is -2.29. The van der Waals surface area contributed by atoms with E-state index < -0.39 is 5.54 Å². The van der Waals surface area contributed by atoms with Crippen LogP contribution in [0.3, 0.4) is 0 Å². The Labute approximate surface area is 164 Å². The molecule has 1 heterocycles. The third-order valence-electron chi connectivity index (χ3n) is 4.66. The maximum Gasteiger partial charge on any atom is 0.255 e. The molecule has 0 saturated carbocycles. The first-order valence-electron chi connectivity index (χ1n) is 9.09. The van der Waals surface area contributed by atoms with Crippen LogP contribution in [0.4, 0.5) is 5.69 Å². The van der Waals surface area contributed by atoms with Crippen LogP contribution in [0.25, 0.3) is 0 Å². The predicted octanol–water partition coefficient (Wildman–Crippen LogP) is 4.12. The van der Waals surface area contributed by atoms with Crippen LogP contribution in [0.5, 0.6) is 0 Å². The lowest BCUT2D eigenvalue weighted by atomic mass is 9.88. The largest absolute Gasteiger partial charge is 0.379 e. The molecule has 2 aromatic rings. The number of halogens is 1. The average Bonchev–Trinajstić information content (AvgIpc) is 3.12. The van der Waals surface area contributed by atoms with Gasteiger partial charge in [0.1, 0.15) is 0 Å². The molecule has 0 bridgehead atoms. The second-order valence-electron chi connectivity index (χ2n) is 6.72. The molecule has 3 rings (SSSR count). The highest BCUT2D eigenvalue weighted by Crippen LogP contribution is 2.31. The molecule has 142 valence electrons. The van der Waals surface area contributed by atoms with Crippen LogP contribution in [0.2, 0.25) is 5.02 Å². The van der Waals surface area contributed by atoms with E-state index in [4.69, 9.17) is 16.3 Å². The van der Waals surface area contributed by atoms with Crippen molar-refractivity contribution in [2.75, 3.05) is 18.5 Å². The summed E-state index contributed by atoms with van der Waals surface area (Å²) in [7, 11) is 0. The van der Waals surface area contributed by atoms with Crippen molar-refractivity contribution < 1.29 is 14.3 Å². The van der Waals surface area contributed by atoms with Gasteiger partial charge in [-0.05, 0) is 42.3 Å². The Kier molecular flexibility index (Phi) is 6.14. The number of carbonyl (C=O) groups excluding carboxylic acids is 2. The van der Waals surface area contributed by atoms with Gasteiger partial charge in [0.25, 0.3) is 5.91 Å². The molecule has 1 atom stereocenters. The summed E-state index contributed by atoms with van der Waals surface area (Å²) in [6.07, 6.45) is 2.03. The summed E-state index contributed by atoms with van der Waals surface area (Å²) in [6.45, 7) is 3.05. The molecule has 2 aromatic carbocycles. The van der Waals surface area contributed by atoms with Crippen molar-refractivity contribution >= 4 is 29.1 Å². The number of nitrogens with one attached hydrogen (secondary N) is 2. The van der Waals surface area contributed by atoms with E-state index in [1.807, 2.05) is 31.2 Å². The molecular formula is C21H23ClN2O3. The van der Waals surface area contributed by atoms with Gasteiger partial charge < -0.3 is 15.4 Å². The van der Waals surface area contributed by atoms with Gasteiger partial charge in [0, 0.05) is 35.7 Å². The van der Waals surface area contributed by atoms with Crippen LogP contribution < -0.4 is 10.6 Å². The van der Waals surface area contributed by atoms with Crippen molar-refractivity contribution in [3.05, 3.63) is 64.7 Å². The van der Waals surface area contributed by atoms with Gasteiger partial charge in [-0.1, -0.05) is 36.7 Å². The number of benzene rings is 2. The summed E-state index contributed by atoms with van der Waals surface area (Å²) >= 11 is 5.94. The van der Waals surface area contributed by atoms with Gasteiger partial charge in [-0.25, -0.2) is 0 Å². The smallest absolute Gasteiger partial charge is 0.255 e. The predicted molar refractivity (Wildman–Crippen MR) is 106 cm³/mol. The second kappa shape index (κ2) is 8.55. The van der Waals surface area contributed by atoms with Crippen molar-refractivity contribution in [2.24, 2.45) is 0 Å². The summed E-state index contributed by atoms with van der Waals surface area (Å²) in [5, 5.41) is 6.51. The maximum atomic E-state index is 12.3. The zero-order chi connectivity index (χ0) is 19.3. The molecule has 6 heteroatoms. The number of ether oxygens (including phenoxy) is 1. The van der Waals surface area contributed by atoms with Gasteiger partial charge in [0.15, 0.2) is 0 Å². The Morgan fingerprint density at radius 2 is 1.96 bits per heavy atom. The van der Waals surface area contributed by atoms with E-state index in [0.717, 1.165) is 18.4 Å². The lowest BCUT2D eigenvalue weighted by molar-refractivity contribution is -0.123. The van der Waals surface area contributed by atoms with E-state index in [0.29, 0.717) is 35.9 Å². The minimum absolute atomic E-state index is 0.0290. The standard InChI is InChI=1S/C21H23ClN2O3/c1-2-4-19(25)24-21(11-12-27-14-21)16-7-9-18(10-8-16)23-20(26)15-5-3-6-17(22)13-15/h3,5-10,13H,2,4,11-12,14H2,1H3,(H,23,26)(H,24,25). The maximum absolute atomic E-state index is 12.3. The van der Waals surface area contributed by atoms with E-state index in [2.05, 4.69) is 10.6 Å². The molecule has 1 unspecified atom stereocenters. The highest BCUT2D eigenvalue weighted by Gasteiger charge is 2.37. The number of hydrogen-bond acceptors (Lipinski definition) is 3. The van der Waals surface area contributed by atoms with Crippen molar-refractivity contribution in [2.45, 2.75) is 31.7 Å². The Balaban J connectivity index is 1.73. The number of hydrogen-bond donors (Lipinski definition) is 2. The summed E-state index contributed by atoms with van der Waals surface area (Å²) in [6, 6.07) is 14.3. The molecule has 1 aliphatic heterocycles. The topological polar surface area (TPSA) is 67.4 Å². The number of anilines is 1.